The van der Waals surface area contributed by atoms with Gasteiger partial charge < -0.3 is 15.2 Å². The first kappa shape index (κ1) is 27.7. The molecular formula is C31H29ClN2O5S. The molecule has 0 radical (unpaired) electrons. The van der Waals surface area contributed by atoms with Gasteiger partial charge in [-0.3, -0.25) is 14.5 Å². The first-order valence-electron chi connectivity index (χ1n) is 13.1. The summed E-state index contributed by atoms with van der Waals surface area (Å²) in [6.07, 6.45) is 0.327. The molecule has 2 aromatic carbocycles. The maximum atomic E-state index is 14.6. The Balaban J connectivity index is 1.81. The number of anilines is 1. The lowest BCUT2D eigenvalue weighted by Crippen LogP contribution is -2.46. The highest BCUT2D eigenvalue weighted by molar-refractivity contribution is 7.10. The third-order valence-electron chi connectivity index (χ3n) is 7.18. The lowest BCUT2D eigenvalue weighted by atomic mass is 9.68. The van der Waals surface area contributed by atoms with E-state index in [-0.39, 0.29) is 24.6 Å². The molecule has 0 saturated carbocycles. The highest BCUT2D eigenvalue weighted by Gasteiger charge is 2.51. The van der Waals surface area contributed by atoms with Crippen molar-refractivity contribution in [3.05, 3.63) is 110 Å². The number of carbonyl (C=O) groups is 3. The Hall–Kier alpha value is -3.88. The third-order valence-corrected chi connectivity index (χ3v) is 8.42. The highest BCUT2D eigenvalue weighted by Crippen LogP contribution is 2.52. The minimum Gasteiger partial charge on any atom is -0.465 e. The summed E-state index contributed by atoms with van der Waals surface area (Å²) in [5, 5.41) is 2.36. The summed E-state index contributed by atoms with van der Waals surface area (Å²) in [5.41, 5.74) is 9.20. The molecule has 3 atom stereocenters. The van der Waals surface area contributed by atoms with E-state index in [1.807, 2.05) is 47.8 Å². The largest absolute Gasteiger partial charge is 0.465 e. The fourth-order valence-electron chi connectivity index (χ4n) is 5.60. The van der Waals surface area contributed by atoms with Crippen molar-refractivity contribution < 1.29 is 23.9 Å². The molecule has 0 amide bonds. The predicted octanol–water partition coefficient (Wildman–Crippen LogP) is 5.93. The van der Waals surface area contributed by atoms with E-state index in [0.29, 0.717) is 34.0 Å². The topological polar surface area (TPSA) is 98.9 Å². The zero-order valence-electron chi connectivity index (χ0n) is 22.1. The van der Waals surface area contributed by atoms with E-state index >= 15 is 0 Å². The van der Waals surface area contributed by atoms with Crippen LogP contribution in [0.3, 0.4) is 0 Å². The van der Waals surface area contributed by atoms with E-state index in [2.05, 4.69) is 0 Å². The van der Waals surface area contributed by atoms with Gasteiger partial charge in [-0.25, -0.2) is 4.79 Å². The Morgan fingerprint density at radius 3 is 2.42 bits per heavy atom. The van der Waals surface area contributed by atoms with Gasteiger partial charge in [-0.2, -0.15) is 0 Å². The Kier molecular flexibility index (Phi) is 8.09. The van der Waals surface area contributed by atoms with Gasteiger partial charge in [0, 0.05) is 32.8 Å². The zero-order chi connectivity index (χ0) is 28.4. The standard InChI is InChI=1S/C31H29ClN2O5S/c1-3-38-30(36)25-21(23-14-9-15-40-23)17-22-26(28(25)35)24(18-10-8-11-19(32)16-18)27(31(37)39-4-2)29(33)34(22)20-12-6-5-7-13-20/h5-16,21,24-25H,3-4,17,33H2,1-2H3/t21-,24-,25-/m0/s1. The van der Waals surface area contributed by atoms with Gasteiger partial charge in [-0.05, 0) is 61.5 Å². The summed E-state index contributed by atoms with van der Waals surface area (Å²) >= 11 is 7.87. The molecule has 40 heavy (non-hydrogen) atoms. The Morgan fingerprint density at radius 1 is 1.02 bits per heavy atom. The molecule has 206 valence electrons. The second kappa shape index (κ2) is 11.7. The zero-order valence-corrected chi connectivity index (χ0v) is 23.7. The number of hydrogen-bond acceptors (Lipinski definition) is 8. The lowest BCUT2D eigenvalue weighted by Gasteiger charge is -2.43. The van der Waals surface area contributed by atoms with Crippen molar-refractivity contribution >= 4 is 46.3 Å². The molecule has 2 heterocycles. The van der Waals surface area contributed by atoms with Gasteiger partial charge >= 0.3 is 11.9 Å². The molecular weight excluding hydrogens is 548 g/mol. The Morgan fingerprint density at radius 2 is 1.77 bits per heavy atom. The molecule has 1 aromatic heterocycles. The van der Waals surface area contributed by atoms with E-state index in [4.69, 9.17) is 26.8 Å². The van der Waals surface area contributed by atoms with Crippen LogP contribution in [0.4, 0.5) is 5.69 Å². The number of allylic oxidation sites excluding steroid dienone is 2. The van der Waals surface area contributed by atoms with Gasteiger partial charge in [0.05, 0.1) is 24.7 Å². The van der Waals surface area contributed by atoms with E-state index in [1.165, 1.54) is 11.3 Å². The number of carbonyl (C=O) groups excluding carboxylic acids is 3. The summed E-state index contributed by atoms with van der Waals surface area (Å²) < 4.78 is 10.9. The van der Waals surface area contributed by atoms with Crippen LogP contribution in [0.2, 0.25) is 5.02 Å². The van der Waals surface area contributed by atoms with Crippen LogP contribution in [0.15, 0.2) is 94.8 Å². The number of nitrogens with two attached hydrogens (primary N) is 1. The number of halogens is 1. The number of ketones is 1. The van der Waals surface area contributed by atoms with Crippen molar-refractivity contribution in [3.8, 4) is 0 Å². The Bertz CT molecular complexity index is 1500. The molecule has 0 unspecified atom stereocenters. The van der Waals surface area contributed by atoms with E-state index in [9.17, 15) is 14.4 Å². The number of hydrogen-bond donors (Lipinski definition) is 1. The van der Waals surface area contributed by atoms with Crippen LogP contribution in [0.1, 0.15) is 42.5 Å². The molecule has 0 fully saturated rings. The molecule has 9 heteroatoms. The van der Waals surface area contributed by atoms with Gasteiger partial charge in [-0.15, -0.1) is 11.3 Å². The van der Waals surface area contributed by atoms with Crippen LogP contribution < -0.4 is 10.6 Å². The summed E-state index contributed by atoms with van der Waals surface area (Å²) in [6, 6.07) is 20.1. The number of thiophene rings is 1. The monoisotopic (exact) mass is 576 g/mol. The fourth-order valence-corrected chi connectivity index (χ4v) is 6.66. The number of nitrogens with zero attached hydrogens (tertiary/aromatic N) is 1. The van der Waals surface area contributed by atoms with Crippen molar-refractivity contribution in [1.82, 2.24) is 0 Å². The quantitative estimate of drug-likeness (QED) is 0.275. The smallest absolute Gasteiger partial charge is 0.338 e. The SMILES string of the molecule is CCOC(=O)C1=C(N)N(c2ccccc2)C2=C(C(=O)[C@@H](C(=O)OCC)[C@H](c3cccs3)C2)[C@@H]1c1cccc(Cl)c1. The van der Waals surface area contributed by atoms with Crippen molar-refractivity contribution in [2.24, 2.45) is 11.7 Å². The van der Waals surface area contributed by atoms with Crippen LogP contribution >= 0.6 is 22.9 Å². The summed E-state index contributed by atoms with van der Waals surface area (Å²) in [7, 11) is 0. The summed E-state index contributed by atoms with van der Waals surface area (Å²) in [5.74, 6) is -3.90. The van der Waals surface area contributed by atoms with E-state index < -0.39 is 35.5 Å². The van der Waals surface area contributed by atoms with Crippen molar-refractivity contribution in [3.63, 3.8) is 0 Å². The van der Waals surface area contributed by atoms with Crippen LogP contribution in [0.25, 0.3) is 0 Å². The molecule has 1 aliphatic heterocycles. The minimum absolute atomic E-state index is 0.120. The van der Waals surface area contributed by atoms with Crippen molar-refractivity contribution in [2.75, 3.05) is 18.1 Å². The highest BCUT2D eigenvalue weighted by atomic mass is 35.5. The molecule has 5 rings (SSSR count). The minimum atomic E-state index is -1.08. The summed E-state index contributed by atoms with van der Waals surface area (Å²) in [6.45, 7) is 3.68. The van der Waals surface area contributed by atoms with E-state index in [1.54, 1.807) is 43.0 Å². The number of Topliss-reactive ketones (excluding diaryl/α,β-unsaturated/α-hetero) is 1. The first-order chi connectivity index (χ1) is 19.4. The number of para-hydroxylation sites is 1. The van der Waals surface area contributed by atoms with E-state index in [0.717, 1.165) is 4.88 Å². The van der Waals surface area contributed by atoms with Crippen molar-refractivity contribution in [1.29, 1.82) is 0 Å². The van der Waals surface area contributed by atoms with Gasteiger partial charge in [0.2, 0.25) is 0 Å². The Labute approximate surface area is 241 Å². The van der Waals surface area contributed by atoms with Gasteiger partial charge in [-0.1, -0.05) is 48.0 Å². The fraction of sp³-hybridized carbons (Fsp3) is 0.258. The maximum absolute atomic E-state index is 14.6. The van der Waals surface area contributed by atoms with Gasteiger partial charge in [0.1, 0.15) is 11.7 Å². The summed E-state index contributed by atoms with van der Waals surface area (Å²) in [4.78, 5) is 44.2. The molecule has 2 aliphatic rings. The molecule has 3 aromatic rings. The normalized spacial score (nSPS) is 20.8. The molecule has 1 aliphatic carbocycles. The van der Waals surface area contributed by atoms with Gasteiger partial charge in [0.15, 0.2) is 5.78 Å². The predicted molar refractivity (Wildman–Crippen MR) is 155 cm³/mol. The third kappa shape index (κ3) is 4.93. The lowest BCUT2D eigenvalue weighted by molar-refractivity contribution is -0.152. The second-order valence-electron chi connectivity index (χ2n) is 9.46. The molecule has 0 saturated heterocycles. The number of rotatable bonds is 7. The molecule has 0 spiro atoms. The first-order valence-corrected chi connectivity index (χ1v) is 14.4. The van der Waals surface area contributed by atoms with Crippen LogP contribution in [-0.4, -0.2) is 30.9 Å². The number of ether oxygens (including phenoxy) is 2. The number of benzene rings is 2. The van der Waals surface area contributed by atoms with Crippen LogP contribution in [-0.2, 0) is 23.9 Å². The van der Waals surface area contributed by atoms with Crippen LogP contribution in [0.5, 0.6) is 0 Å². The average molecular weight is 577 g/mol. The molecule has 7 nitrogen and oxygen atoms in total. The second-order valence-corrected chi connectivity index (χ2v) is 10.9. The number of esters is 2. The molecule has 0 bridgehead atoms. The maximum Gasteiger partial charge on any atom is 0.338 e. The van der Waals surface area contributed by atoms with Crippen molar-refractivity contribution in [2.45, 2.75) is 32.1 Å². The molecule has 2 N–H and O–H groups in total. The van der Waals surface area contributed by atoms with Crippen LogP contribution in [0, 0.1) is 5.92 Å². The van der Waals surface area contributed by atoms with Gasteiger partial charge in [0.25, 0.3) is 0 Å². The average Bonchev–Trinajstić information content (AvgIpc) is 3.48.